The molecule has 0 aliphatic carbocycles. The Kier molecular flexibility index (Phi) is 6.45. The van der Waals surface area contributed by atoms with Crippen molar-refractivity contribution in [1.82, 2.24) is 14.8 Å². The fraction of sp³-hybridized carbons (Fsp3) is 0.136. The second-order valence-electron chi connectivity index (χ2n) is 7.00. The van der Waals surface area contributed by atoms with Gasteiger partial charge < -0.3 is 5.11 Å². The summed E-state index contributed by atoms with van der Waals surface area (Å²) < 4.78 is 38.2. The molecule has 4 rings (SSSR count). The van der Waals surface area contributed by atoms with Gasteiger partial charge in [0.2, 0.25) is 0 Å². The molecular formula is C22H20FN3O4S. The molecule has 0 atom stereocenters. The number of fused-ring (bicyclic) bond motifs is 1. The van der Waals surface area contributed by atoms with E-state index >= 15 is 0 Å². The van der Waals surface area contributed by atoms with E-state index in [1.54, 1.807) is 35.3 Å². The lowest BCUT2D eigenvalue weighted by molar-refractivity contribution is -0.122. The van der Waals surface area contributed by atoms with Gasteiger partial charge in [-0.1, -0.05) is 12.1 Å². The number of rotatable bonds is 4. The number of carboxylic acid groups (broad SMARTS) is 1. The number of aryl methyl sites for hydroxylation is 1. The highest BCUT2D eigenvalue weighted by Crippen LogP contribution is 2.26. The largest absolute Gasteiger partial charge is 0.483 e. The molecule has 9 heteroatoms. The van der Waals surface area contributed by atoms with Crippen molar-refractivity contribution in [2.75, 3.05) is 6.26 Å². The molecule has 7 nitrogen and oxygen atoms in total. The van der Waals surface area contributed by atoms with E-state index in [9.17, 15) is 12.8 Å². The van der Waals surface area contributed by atoms with Crippen LogP contribution in [0.1, 0.15) is 11.1 Å². The van der Waals surface area contributed by atoms with E-state index in [0.717, 1.165) is 33.3 Å². The van der Waals surface area contributed by atoms with Gasteiger partial charge in [-0.05, 0) is 54.4 Å². The van der Waals surface area contributed by atoms with E-state index in [1.807, 2.05) is 25.1 Å². The van der Waals surface area contributed by atoms with Crippen molar-refractivity contribution in [1.29, 1.82) is 0 Å². The fourth-order valence-corrected chi connectivity index (χ4v) is 3.98. The normalized spacial score (nSPS) is 11.1. The Morgan fingerprint density at radius 1 is 1.16 bits per heavy atom. The highest BCUT2D eigenvalue weighted by atomic mass is 32.2. The summed E-state index contributed by atoms with van der Waals surface area (Å²) in [6.07, 6.45) is 4.72. The van der Waals surface area contributed by atoms with Crippen molar-refractivity contribution in [3.8, 4) is 16.9 Å². The number of halogens is 1. The molecule has 1 N–H and O–H groups in total. The van der Waals surface area contributed by atoms with Crippen LogP contribution in [0.2, 0.25) is 0 Å². The van der Waals surface area contributed by atoms with Crippen molar-refractivity contribution in [3.05, 3.63) is 77.9 Å². The lowest BCUT2D eigenvalue weighted by atomic mass is 10.0. The van der Waals surface area contributed by atoms with Crippen LogP contribution in [0, 0.1) is 12.7 Å². The maximum Gasteiger partial charge on any atom is 0.290 e. The summed E-state index contributed by atoms with van der Waals surface area (Å²) in [5.74, 6) is -0.316. The van der Waals surface area contributed by atoms with E-state index in [4.69, 9.17) is 14.9 Å². The number of hydrogen-bond donors (Lipinski definition) is 1. The van der Waals surface area contributed by atoms with Crippen molar-refractivity contribution >= 4 is 27.2 Å². The lowest BCUT2D eigenvalue weighted by Crippen LogP contribution is -2.01. The number of benzene rings is 2. The molecule has 31 heavy (non-hydrogen) atoms. The maximum absolute atomic E-state index is 13.5. The van der Waals surface area contributed by atoms with Crippen LogP contribution in [0.15, 0.2) is 60.9 Å². The number of sulfone groups is 1. The molecule has 0 saturated heterocycles. The quantitative estimate of drug-likeness (QED) is 0.484. The zero-order valence-corrected chi connectivity index (χ0v) is 17.7. The van der Waals surface area contributed by atoms with Gasteiger partial charge in [0.15, 0.2) is 9.84 Å². The van der Waals surface area contributed by atoms with Crippen LogP contribution in [0.5, 0.6) is 0 Å². The van der Waals surface area contributed by atoms with Gasteiger partial charge >= 0.3 is 0 Å². The first-order chi connectivity index (χ1) is 14.7. The summed E-state index contributed by atoms with van der Waals surface area (Å²) >= 11 is 0. The smallest absolute Gasteiger partial charge is 0.290 e. The molecule has 2 heterocycles. The number of nitrogens with zero attached hydrogens (tertiary/aromatic N) is 3. The first-order valence-electron chi connectivity index (χ1n) is 9.17. The molecular weight excluding hydrogens is 421 g/mol. The van der Waals surface area contributed by atoms with Crippen LogP contribution < -0.4 is 0 Å². The van der Waals surface area contributed by atoms with E-state index in [0.29, 0.717) is 5.69 Å². The Balaban J connectivity index is 0.000000858. The molecule has 160 valence electrons. The summed E-state index contributed by atoms with van der Waals surface area (Å²) in [6, 6.07) is 13.7. The first kappa shape index (κ1) is 22.1. The highest BCUT2D eigenvalue weighted by Gasteiger charge is 2.11. The number of hydrogen-bond acceptors (Lipinski definition) is 5. The van der Waals surface area contributed by atoms with Gasteiger partial charge in [-0.2, -0.15) is 5.10 Å². The van der Waals surface area contributed by atoms with Crippen LogP contribution >= 0.6 is 0 Å². The van der Waals surface area contributed by atoms with Gasteiger partial charge in [-0.25, -0.2) is 22.5 Å². The van der Waals surface area contributed by atoms with Crippen molar-refractivity contribution < 1.29 is 22.7 Å². The first-order valence-corrected chi connectivity index (χ1v) is 11.2. The van der Waals surface area contributed by atoms with Crippen LogP contribution in [-0.2, 0) is 20.4 Å². The molecule has 0 fully saturated rings. The third-order valence-corrected chi connectivity index (χ3v) is 5.32. The van der Waals surface area contributed by atoms with Gasteiger partial charge in [0, 0.05) is 23.4 Å². The summed E-state index contributed by atoms with van der Waals surface area (Å²) in [5.41, 5.74) is 4.72. The van der Waals surface area contributed by atoms with Crippen LogP contribution in [0.25, 0.3) is 27.8 Å². The molecule has 0 spiro atoms. The number of carbonyl (C=O) groups is 1. The third kappa shape index (κ3) is 5.52. The summed E-state index contributed by atoms with van der Waals surface area (Å²) in [5, 5.41) is 12.1. The topological polar surface area (TPSA) is 102 Å². The number of aromatic nitrogens is 3. The van der Waals surface area contributed by atoms with Crippen LogP contribution in [0.3, 0.4) is 0 Å². The second-order valence-corrected chi connectivity index (χ2v) is 9.15. The lowest BCUT2D eigenvalue weighted by Gasteiger charge is -2.07. The van der Waals surface area contributed by atoms with Crippen LogP contribution in [-0.4, -0.2) is 41.0 Å². The Bertz CT molecular complexity index is 1350. The van der Waals surface area contributed by atoms with Gasteiger partial charge in [-0.3, -0.25) is 4.79 Å². The monoisotopic (exact) mass is 441 g/mol. The molecule has 0 bridgehead atoms. The average Bonchev–Trinajstić information content (AvgIpc) is 3.18. The van der Waals surface area contributed by atoms with Crippen molar-refractivity contribution in [2.24, 2.45) is 0 Å². The molecule has 2 aromatic carbocycles. The fourth-order valence-electron chi connectivity index (χ4n) is 3.20. The summed E-state index contributed by atoms with van der Waals surface area (Å²) in [7, 11) is -3.09. The summed E-state index contributed by atoms with van der Waals surface area (Å²) in [4.78, 5) is 13.1. The van der Waals surface area contributed by atoms with E-state index in [-0.39, 0.29) is 18.0 Å². The molecule has 0 radical (unpaired) electrons. The van der Waals surface area contributed by atoms with Gasteiger partial charge in [0.05, 0.1) is 28.8 Å². The van der Waals surface area contributed by atoms with Crippen molar-refractivity contribution in [2.45, 2.75) is 12.7 Å². The zero-order valence-electron chi connectivity index (χ0n) is 16.9. The third-order valence-electron chi connectivity index (χ3n) is 4.46. The molecule has 2 aromatic heterocycles. The Morgan fingerprint density at radius 2 is 1.90 bits per heavy atom. The predicted octanol–water partition coefficient (Wildman–Crippen LogP) is 3.78. The van der Waals surface area contributed by atoms with Gasteiger partial charge in [0.1, 0.15) is 5.82 Å². The van der Waals surface area contributed by atoms with Crippen molar-refractivity contribution in [3.63, 3.8) is 0 Å². The van der Waals surface area contributed by atoms with Crippen LogP contribution in [0.4, 0.5) is 4.39 Å². The highest BCUT2D eigenvalue weighted by molar-refractivity contribution is 7.89. The maximum atomic E-state index is 13.5. The van der Waals surface area contributed by atoms with E-state index in [1.165, 1.54) is 18.4 Å². The van der Waals surface area contributed by atoms with Gasteiger partial charge in [0.25, 0.3) is 6.47 Å². The summed E-state index contributed by atoms with van der Waals surface area (Å²) in [6.45, 7) is 1.72. The van der Waals surface area contributed by atoms with E-state index < -0.39 is 9.84 Å². The average molecular weight is 441 g/mol. The minimum absolute atomic E-state index is 0.00450. The Morgan fingerprint density at radius 3 is 2.58 bits per heavy atom. The molecule has 0 amide bonds. The Hall–Kier alpha value is -3.59. The molecule has 0 unspecified atom stereocenters. The standard InChI is InChI=1S/C21H18FN3O2S.CH2O2/c1-14-8-21(16-11-23-25(12-16)18-5-3-4-17(22)10-18)24-20-7-6-15(9-19(14)20)13-28(2,26)27;2-1-3/h3-12H,13H2,1-2H3;1H,(H,2,3). The minimum Gasteiger partial charge on any atom is -0.483 e. The molecule has 0 saturated carbocycles. The Labute approximate surface area is 178 Å². The SMILES string of the molecule is Cc1cc(-c2cnn(-c3cccc(F)c3)c2)nc2ccc(CS(C)(=O)=O)cc12.O=CO. The second kappa shape index (κ2) is 9.05. The predicted molar refractivity (Wildman–Crippen MR) is 116 cm³/mol. The molecule has 0 aliphatic heterocycles. The molecule has 4 aromatic rings. The zero-order chi connectivity index (χ0) is 22.6. The minimum atomic E-state index is -3.09. The molecule has 0 aliphatic rings. The van der Waals surface area contributed by atoms with Gasteiger partial charge in [-0.15, -0.1) is 0 Å². The van der Waals surface area contributed by atoms with E-state index in [2.05, 4.69) is 5.10 Å². The number of pyridine rings is 1.